The lowest BCUT2D eigenvalue weighted by atomic mass is 9.85. The number of H-pyrrole nitrogens is 4. The first-order valence-corrected chi connectivity index (χ1v) is 49.4. The van der Waals surface area contributed by atoms with Crippen molar-refractivity contribution in [3.8, 4) is 0 Å². The second-order valence-electron chi connectivity index (χ2n) is 37.5. The molecule has 6 aliphatic heterocycles. The van der Waals surface area contributed by atoms with Crippen molar-refractivity contribution >= 4 is 163 Å². The van der Waals surface area contributed by atoms with Crippen molar-refractivity contribution in [3.05, 3.63) is 250 Å². The molecular weight excluding hydrogens is 1910 g/mol. The van der Waals surface area contributed by atoms with Gasteiger partial charge in [0, 0.05) is 143 Å². The second kappa shape index (κ2) is 45.1. The van der Waals surface area contributed by atoms with Gasteiger partial charge in [-0.3, -0.25) is 49.5 Å². The van der Waals surface area contributed by atoms with E-state index in [1.54, 1.807) is 53.6 Å². The largest absolute Gasteiger partial charge is 0.375 e. The topological polar surface area (TPSA) is 423 Å². The van der Waals surface area contributed by atoms with E-state index in [1.807, 2.05) is 91.1 Å². The van der Waals surface area contributed by atoms with E-state index < -0.39 is 11.7 Å². The summed E-state index contributed by atoms with van der Waals surface area (Å²) in [6, 6.07) is 28.0. The molecule has 0 radical (unpaired) electrons. The molecule has 13 aromatic rings. The number of benzene rings is 4. The number of carbonyl (C=O) groups is 4. The normalized spacial score (nSPS) is 16.6. The smallest absolute Gasteiger partial charge is 0.236 e. The van der Waals surface area contributed by atoms with Gasteiger partial charge in [-0.25, -0.2) is 33.1 Å². The molecule has 143 heavy (non-hydrogen) atoms. The van der Waals surface area contributed by atoms with E-state index in [4.69, 9.17) is 46.4 Å². The predicted molar refractivity (Wildman–Crippen MR) is 549 cm³/mol. The van der Waals surface area contributed by atoms with E-state index in [0.29, 0.717) is 128 Å². The van der Waals surface area contributed by atoms with Crippen molar-refractivity contribution < 1.29 is 32.3 Å². The fraction of sp³-hybridized carbons (Fsp3) is 0.376. The summed E-state index contributed by atoms with van der Waals surface area (Å²) in [4.78, 5) is 98.1. The number of pyridine rings is 1. The first-order chi connectivity index (χ1) is 68.8. The maximum atomic E-state index is 15.2. The quantitative estimate of drug-likeness (QED) is 0.0187. The van der Waals surface area contributed by atoms with Gasteiger partial charge in [-0.05, 0) is 269 Å². The molecule has 0 saturated carbocycles. The molecule has 4 aromatic carbocycles. The van der Waals surface area contributed by atoms with Gasteiger partial charge in [-0.2, -0.15) is 40.3 Å². The van der Waals surface area contributed by atoms with Crippen LogP contribution in [0.15, 0.2) is 134 Å². The van der Waals surface area contributed by atoms with E-state index in [2.05, 4.69) is 192 Å². The summed E-state index contributed by atoms with van der Waals surface area (Å²) < 4.78 is 45.4. The summed E-state index contributed by atoms with van der Waals surface area (Å²) in [5, 5.41) is 56.4. The van der Waals surface area contributed by atoms with Gasteiger partial charge in [0.25, 0.3) is 0 Å². The lowest BCUT2D eigenvalue weighted by molar-refractivity contribution is -0.148. The first kappa shape index (κ1) is 101. The zero-order chi connectivity index (χ0) is 100. The fourth-order valence-corrected chi connectivity index (χ4v) is 19.7. The first-order valence-electron chi connectivity index (χ1n) is 47.8. The Morgan fingerprint density at radius 3 is 1.10 bits per heavy atom. The van der Waals surface area contributed by atoms with Gasteiger partial charge in [-0.15, -0.1) is 0 Å². The minimum absolute atomic E-state index is 0.112. The molecule has 35 nitrogen and oxygen atoms in total. The van der Waals surface area contributed by atoms with Gasteiger partial charge in [0.15, 0.2) is 52.3 Å². The van der Waals surface area contributed by atoms with Crippen molar-refractivity contribution in [2.24, 2.45) is 11.8 Å². The summed E-state index contributed by atoms with van der Waals surface area (Å²) in [5.41, 5.74) is 17.4. The van der Waals surface area contributed by atoms with Crippen molar-refractivity contribution in [1.82, 2.24) is 115 Å². The number of ketones is 1. The maximum absolute atomic E-state index is 15.2. The van der Waals surface area contributed by atoms with Crippen molar-refractivity contribution in [1.29, 1.82) is 0 Å². The zero-order valence-corrected chi connectivity index (χ0v) is 84.0. The number of rotatable bonds is 25. The average Bonchev–Trinajstić information content (AvgIpc) is 1.01. The number of amides is 3. The highest BCUT2D eigenvalue weighted by Crippen LogP contribution is 2.42. The molecule has 1 atom stereocenters. The third-order valence-electron chi connectivity index (χ3n) is 26.9. The van der Waals surface area contributed by atoms with Crippen LogP contribution in [0.5, 0.6) is 0 Å². The molecule has 0 bridgehead atoms. The highest BCUT2D eigenvalue weighted by Gasteiger charge is 2.40. The Balaban J connectivity index is 0.000000131. The van der Waals surface area contributed by atoms with Gasteiger partial charge in [0.2, 0.25) is 41.5 Å². The zero-order valence-electron chi connectivity index (χ0n) is 81.0. The second-order valence-corrected chi connectivity index (χ2v) is 39.2. The minimum atomic E-state index is -0.555. The number of allylic oxidation sites excluding steroid dienone is 2. The Morgan fingerprint density at radius 1 is 0.413 bits per heavy atom. The molecule has 0 spiro atoms. The molecule has 9 aromatic heterocycles. The van der Waals surface area contributed by atoms with Crippen molar-refractivity contribution in [2.75, 3.05) is 122 Å². The Bertz CT molecular complexity index is 6820. The molecule has 6 saturated heterocycles. The maximum Gasteiger partial charge on any atom is 0.236 e. The van der Waals surface area contributed by atoms with E-state index in [1.165, 1.54) is 29.7 Å². The number of nitrogens with one attached hydrogen (secondary N) is 13. The lowest BCUT2D eigenvalue weighted by Crippen LogP contribution is -2.57. The minimum Gasteiger partial charge on any atom is -0.375 e. The lowest BCUT2D eigenvalue weighted by Gasteiger charge is -2.40. The summed E-state index contributed by atoms with van der Waals surface area (Å²) >= 11 is 25.0. The van der Waals surface area contributed by atoms with Crippen molar-refractivity contribution in [3.63, 3.8) is 0 Å². The Morgan fingerprint density at radius 2 is 0.769 bits per heavy atom. The number of aromatic nitrogens is 17. The molecule has 6 fully saturated rings. The molecule has 7 aliphatic rings. The van der Waals surface area contributed by atoms with Crippen molar-refractivity contribution in [2.45, 2.75) is 157 Å². The molecule has 1 unspecified atom stereocenters. The third-order valence-corrected chi connectivity index (χ3v) is 28.0. The summed E-state index contributed by atoms with van der Waals surface area (Å²) in [7, 11) is 2.07. The number of halogens is 7. The molecule has 1 aliphatic carbocycles. The molecule has 15 heterocycles. The van der Waals surface area contributed by atoms with Crippen LogP contribution in [0.2, 0.25) is 20.1 Å². The number of β-lactam (4-membered cyclic amide) rings is 1. The number of piperidine rings is 4. The number of nitrogens with zero attached hydrogens (tertiary/aromatic N) is 18. The molecule has 20 rings (SSSR count). The third kappa shape index (κ3) is 25.2. The molecule has 42 heteroatoms. The highest BCUT2D eigenvalue weighted by atomic mass is 35.5. The standard InChI is InChI=1S/C26H28ClFN8.C26H33ClN8O.C25H27ClFN7O.C24H26ClFN8O2/c1-16-11-23(31-26-30-14-21(27)25(33-26)32-24-12-17(2)34-35-24)22(28)13-20(16)18-6-9-36(10-7-18)15-19-5-3-4-8-29-19;1-15-10-22(29-26-28-12-21(27)24(31-26)30-23-11-17(3)32-33-23)16(2)9-20(15)18-5-7-35(8-6-18)25(36)19-13-34(4)14-19;1-14-9-22(29-25-28-13-20(26)24(31-25)30-23-10-15(2)32-33-23)21(27)12-19(14)16-5-7-34(8-6-16)17-3-4-18(35)11-17;1-12-7-19(29-24-28-11-17(25)21(31-24)30-20-8-13(2)32-33-20)18(26)9-15(12)14-3-5-34(6-4-14)23(36)16-10-27-22(16)35/h3-5,8,11-14,18H,6-7,9-10,15H2,1-2H3,(H3,30,31,32,33,34,35);9-12,18-19H,5-8,13-14H2,1-4H3,(H3,28,29,30,31,32,33);9-13,16H,3-8H2,1-2H3,(H3,28,29,30,31,32,33);7-9,11,14,16H,3-6,10H2,1-2H3,(H,27,35)(H3,28,29,30,31,32,33). The monoisotopic (exact) mass is 2020 g/mol. The van der Waals surface area contributed by atoms with Gasteiger partial charge in [-0.1, -0.05) is 58.5 Å². The fourth-order valence-electron chi connectivity index (χ4n) is 19.1. The molecule has 13 N–H and O–H groups in total. The highest BCUT2D eigenvalue weighted by molar-refractivity contribution is 6.34. The summed E-state index contributed by atoms with van der Waals surface area (Å²) in [6.07, 6.45) is 18.3. The number of carbonyl (C=O) groups excluding carboxylic acids is 4. The summed E-state index contributed by atoms with van der Waals surface area (Å²) in [6.45, 7) is 27.3. The number of anilines is 16. The van der Waals surface area contributed by atoms with Crippen LogP contribution in [0.4, 0.5) is 106 Å². The van der Waals surface area contributed by atoms with Crippen LogP contribution < -0.4 is 47.9 Å². The number of hydrogen-bond acceptors (Lipinski definition) is 28. The van der Waals surface area contributed by atoms with Gasteiger partial charge < -0.3 is 67.5 Å². The number of likely N-dealkylation sites (tertiary alicyclic amines) is 5. The van der Waals surface area contributed by atoms with E-state index in [-0.39, 0.29) is 70.5 Å². The molecular formula is C101H114Cl4F3N31O4. The van der Waals surface area contributed by atoms with Crippen LogP contribution in [0.25, 0.3) is 0 Å². The van der Waals surface area contributed by atoms with E-state index in [9.17, 15) is 19.2 Å². The molecule has 746 valence electrons. The Labute approximate surface area is 845 Å². The predicted octanol–water partition coefficient (Wildman–Crippen LogP) is 19.5. The van der Waals surface area contributed by atoms with E-state index >= 15 is 13.2 Å². The van der Waals surface area contributed by atoms with Gasteiger partial charge in [0.1, 0.15) is 43.5 Å². The molecule has 3 amide bonds. The van der Waals surface area contributed by atoms with E-state index in [0.717, 1.165) is 195 Å². The average molecular weight is 2030 g/mol. The van der Waals surface area contributed by atoms with Crippen LogP contribution in [0.1, 0.15) is 166 Å². The number of hydrogen-bond donors (Lipinski definition) is 13. The number of aromatic amines is 4. The van der Waals surface area contributed by atoms with Crippen LogP contribution in [-0.4, -0.2) is 213 Å². The van der Waals surface area contributed by atoms with Crippen LogP contribution >= 0.6 is 46.4 Å². The van der Waals surface area contributed by atoms with Gasteiger partial charge in [0.05, 0.1) is 53.5 Å². The van der Waals surface area contributed by atoms with Gasteiger partial charge >= 0.3 is 0 Å². The van der Waals surface area contributed by atoms with Crippen LogP contribution in [-0.2, 0) is 25.7 Å². The SMILES string of the molecule is Cc1cc(Nc2nc(Nc3cc(C)c(C4CCN(C(=O)C5CN(C)C5)CC4)cc3C)ncc2Cl)n[nH]1.Cc1cc(Nc2nc(Nc3cc(C)c(C4CCN(C(=O)C5CNC5=O)CC4)cc3F)ncc2Cl)n[nH]1.Cc1cc(Nc2nc(Nc3cc(C)c(C4CCN(C5=CC(=O)CC5)CC4)cc3F)ncc2Cl)n[nH]1.Cc1cc(Nc2nc(Nc3cc(C)c(C4CCN(Cc5ccccn5)CC4)cc3F)ncc2Cl)n[nH]1. The Kier molecular flexibility index (Phi) is 31.8. The van der Waals surface area contributed by atoms with Crippen LogP contribution in [0, 0.1) is 91.6 Å². The number of aryl methyl sites for hydroxylation is 9. The summed E-state index contributed by atoms with van der Waals surface area (Å²) in [5.74, 6) is 5.00. The Hall–Kier alpha value is -13.9. The van der Waals surface area contributed by atoms with Crippen LogP contribution in [0.3, 0.4) is 0 Å².